The number of hydrogen-bond donors (Lipinski definition) is 6. The van der Waals surface area contributed by atoms with E-state index in [9.17, 15) is 25.2 Å². The zero-order valence-corrected chi connectivity index (χ0v) is 16.0. The van der Waals surface area contributed by atoms with Crippen molar-refractivity contribution in [3.05, 3.63) is 24.7 Å². The van der Waals surface area contributed by atoms with Crippen molar-refractivity contribution in [1.82, 2.24) is 24.8 Å². The number of ether oxygens (including phenoxy) is 1. The Morgan fingerprint density at radius 1 is 1.27 bits per heavy atom. The number of likely N-dealkylation sites (N-methyl/N-ethyl adjacent to an activating group) is 1. The third-order valence-electron chi connectivity index (χ3n) is 4.76. The van der Waals surface area contributed by atoms with Gasteiger partial charge in [-0.1, -0.05) is 0 Å². The van der Waals surface area contributed by atoms with Gasteiger partial charge in [0.05, 0.1) is 12.6 Å². The van der Waals surface area contributed by atoms with Crippen LogP contribution in [0.5, 0.6) is 0 Å². The van der Waals surface area contributed by atoms with Crippen LogP contribution in [-0.4, -0.2) is 77.1 Å². The van der Waals surface area contributed by atoms with Crippen LogP contribution in [-0.2, 0) is 9.53 Å². The first-order valence-electron chi connectivity index (χ1n) is 9.01. The third kappa shape index (κ3) is 2.83. The zero-order chi connectivity index (χ0) is 21.7. The number of aromatic nitrogens is 4. The van der Waals surface area contributed by atoms with Crippen molar-refractivity contribution in [2.45, 2.75) is 30.8 Å². The summed E-state index contributed by atoms with van der Waals surface area (Å²) < 4.78 is 11.8. The van der Waals surface area contributed by atoms with Crippen LogP contribution >= 0.6 is 0 Å². The Morgan fingerprint density at radius 3 is 2.67 bits per heavy atom. The SMILES string of the molecule is CCNC(=O)C1OC(n2cnc3c(NC)nc(-c4ccco4)nc32)C(O)(O)C1(O)O. The number of hydrogen-bond acceptors (Lipinski definition) is 11. The molecule has 3 aromatic heterocycles. The third-order valence-corrected chi connectivity index (χ3v) is 4.76. The second-order valence-electron chi connectivity index (χ2n) is 6.66. The van der Waals surface area contributed by atoms with Gasteiger partial charge in [-0.15, -0.1) is 0 Å². The molecule has 1 aliphatic rings. The van der Waals surface area contributed by atoms with E-state index in [1.165, 1.54) is 6.26 Å². The van der Waals surface area contributed by atoms with Gasteiger partial charge in [-0.3, -0.25) is 9.36 Å². The molecule has 1 amide bonds. The van der Waals surface area contributed by atoms with Crippen molar-refractivity contribution >= 4 is 22.9 Å². The van der Waals surface area contributed by atoms with Crippen molar-refractivity contribution in [3.8, 4) is 11.6 Å². The summed E-state index contributed by atoms with van der Waals surface area (Å²) in [5.41, 5.74) is 0.320. The van der Waals surface area contributed by atoms with Crippen molar-refractivity contribution in [1.29, 1.82) is 0 Å². The number of nitrogens with one attached hydrogen (secondary N) is 2. The maximum Gasteiger partial charge on any atom is 0.268 e. The molecule has 13 heteroatoms. The van der Waals surface area contributed by atoms with Gasteiger partial charge in [0.15, 0.2) is 40.9 Å². The van der Waals surface area contributed by atoms with Crippen LogP contribution in [0.15, 0.2) is 29.1 Å². The number of amides is 1. The molecule has 160 valence electrons. The van der Waals surface area contributed by atoms with E-state index in [-0.39, 0.29) is 23.5 Å². The lowest BCUT2D eigenvalue weighted by Gasteiger charge is -2.31. The van der Waals surface area contributed by atoms with Crippen molar-refractivity contribution in [2.24, 2.45) is 0 Å². The zero-order valence-electron chi connectivity index (χ0n) is 16.0. The molecule has 0 radical (unpaired) electrons. The van der Waals surface area contributed by atoms with Gasteiger partial charge in [0.25, 0.3) is 17.5 Å². The van der Waals surface area contributed by atoms with Gasteiger partial charge in [0.2, 0.25) is 0 Å². The Labute approximate surface area is 169 Å². The number of fused-ring (bicyclic) bond motifs is 1. The van der Waals surface area contributed by atoms with E-state index in [0.717, 1.165) is 10.9 Å². The van der Waals surface area contributed by atoms with Gasteiger partial charge < -0.3 is 40.2 Å². The van der Waals surface area contributed by atoms with Crippen LogP contribution in [0, 0.1) is 0 Å². The predicted molar refractivity (Wildman–Crippen MR) is 99.5 cm³/mol. The average Bonchev–Trinajstić information content (AvgIpc) is 3.40. The van der Waals surface area contributed by atoms with E-state index in [2.05, 4.69) is 25.6 Å². The van der Waals surface area contributed by atoms with E-state index < -0.39 is 29.8 Å². The standard InChI is InChI=1S/C17H20N6O7/c1-3-19-14(24)10-16(25,26)17(27,28)15(30-10)23-7-20-9-12(18-2)21-11(22-13(9)23)8-5-4-6-29-8/h4-7,10,15,25-28H,3H2,1-2H3,(H,19,24)(H,18,21,22). The predicted octanol–water partition coefficient (Wildman–Crippen LogP) is -1.48. The van der Waals surface area contributed by atoms with Crippen LogP contribution in [0.25, 0.3) is 22.7 Å². The minimum Gasteiger partial charge on any atom is -0.461 e. The number of rotatable bonds is 5. The molecule has 0 spiro atoms. The number of carbonyl (C=O) groups excluding carboxylic acids is 1. The summed E-state index contributed by atoms with van der Waals surface area (Å²) in [5.74, 6) is -6.69. The molecule has 0 aliphatic carbocycles. The first-order chi connectivity index (χ1) is 14.2. The quantitative estimate of drug-likeness (QED) is 0.264. The van der Waals surface area contributed by atoms with Gasteiger partial charge in [-0.2, -0.15) is 0 Å². The maximum atomic E-state index is 12.2. The summed E-state index contributed by atoms with van der Waals surface area (Å²) in [5, 5.41) is 46.8. The Hall–Kier alpha value is -3.10. The minimum atomic E-state index is -3.31. The smallest absolute Gasteiger partial charge is 0.268 e. The van der Waals surface area contributed by atoms with Gasteiger partial charge in [0.1, 0.15) is 0 Å². The van der Waals surface area contributed by atoms with E-state index >= 15 is 0 Å². The van der Waals surface area contributed by atoms with Crippen molar-refractivity contribution < 1.29 is 34.4 Å². The maximum absolute atomic E-state index is 12.2. The van der Waals surface area contributed by atoms with E-state index in [0.29, 0.717) is 11.6 Å². The Bertz CT molecular complexity index is 1080. The van der Waals surface area contributed by atoms with Crippen LogP contribution in [0.3, 0.4) is 0 Å². The molecule has 30 heavy (non-hydrogen) atoms. The van der Waals surface area contributed by atoms with Gasteiger partial charge in [-0.25, -0.2) is 15.0 Å². The van der Waals surface area contributed by atoms with E-state index in [1.807, 2.05) is 0 Å². The Kier molecular flexibility index (Phi) is 4.71. The van der Waals surface area contributed by atoms with Gasteiger partial charge in [-0.05, 0) is 19.1 Å². The molecular formula is C17H20N6O7. The normalized spacial score (nSPS) is 22.3. The molecule has 2 unspecified atom stereocenters. The molecule has 6 N–H and O–H groups in total. The Morgan fingerprint density at radius 2 is 2.03 bits per heavy atom. The van der Waals surface area contributed by atoms with Crippen LogP contribution < -0.4 is 10.6 Å². The number of carbonyl (C=O) groups is 1. The van der Waals surface area contributed by atoms with Crippen LogP contribution in [0.4, 0.5) is 5.82 Å². The number of anilines is 1. The molecule has 1 fully saturated rings. The molecule has 13 nitrogen and oxygen atoms in total. The molecule has 2 atom stereocenters. The number of furan rings is 1. The second-order valence-corrected chi connectivity index (χ2v) is 6.66. The highest BCUT2D eigenvalue weighted by molar-refractivity contribution is 5.85. The molecule has 4 rings (SSSR count). The van der Waals surface area contributed by atoms with Crippen molar-refractivity contribution in [2.75, 3.05) is 18.9 Å². The second kappa shape index (κ2) is 7.00. The highest BCUT2D eigenvalue weighted by Crippen LogP contribution is 2.43. The molecule has 1 saturated heterocycles. The minimum absolute atomic E-state index is 0.0746. The lowest BCUT2D eigenvalue weighted by molar-refractivity contribution is -0.351. The number of imidazole rings is 1. The monoisotopic (exact) mass is 420 g/mol. The van der Waals surface area contributed by atoms with E-state index in [1.54, 1.807) is 26.1 Å². The van der Waals surface area contributed by atoms with Crippen LogP contribution in [0.2, 0.25) is 0 Å². The topological polar surface area (TPSA) is 188 Å². The fourth-order valence-corrected chi connectivity index (χ4v) is 3.24. The lowest BCUT2D eigenvalue weighted by Crippen LogP contribution is -2.61. The molecule has 0 aromatic carbocycles. The summed E-state index contributed by atoms with van der Waals surface area (Å²) in [6.45, 7) is 1.78. The highest BCUT2D eigenvalue weighted by atomic mass is 16.7. The average molecular weight is 420 g/mol. The van der Waals surface area contributed by atoms with Gasteiger partial charge in [0, 0.05) is 13.6 Å². The first kappa shape index (κ1) is 20.2. The first-order valence-corrected chi connectivity index (χ1v) is 9.01. The van der Waals surface area contributed by atoms with Gasteiger partial charge >= 0.3 is 0 Å². The molecule has 0 bridgehead atoms. The lowest BCUT2D eigenvalue weighted by atomic mass is 10.0. The number of nitrogens with zero attached hydrogens (tertiary/aromatic N) is 4. The summed E-state index contributed by atoms with van der Waals surface area (Å²) in [4.78, 5) is 25.0. The fraction of sp³-hybridized carbons (Fsp3) is 0.412. The number of aliphatic hydroxyl groups is 4. The van der Waals surface area contributed by atoms with E-state index in [4.69, 9.17) is 9.15 Å². The summed E-state index contributed by atoms with van der Waals surface area (Å²) in [7, 11) is 1.61. The summed E-state index contributed by atoms with van der Waals surface area (Å²) in [6.07, 6.45) is -1.21. The Balaban J connectivity index is 1.85. The fourth-order valence-electron chi connectivity index (χ4n) is 3.24. The molecule has 0 saturated carbocycles. The summed E-state index contributed by atoms with van der Waals surface area (Å²) >= 11 is 0. The highest BCUT2D eigenvalue weighted by Gasteiger charge is 2.68. The summed E-state index contributed by atoms with van der Waals surface area (Å²) in [6, 6.07) is 3.28. The molecular weight excluding hydrogens is 400 g/mol. The molecule has 4 heterocycles. The van der Waals surface area contributed by atoms with Crippen molar-refractivity contribution in [3.63, 3.8) is 0 Å². The largest absolute Gasteiger partial charge is 0.461 e. The molecule has 3 aromatic rings. The van der Waals surface area contributed by atoms with Crippen LogP contribution in [0.1, 0.15) is 13.2 Å². The molecule has 1 aliphatic heterocycles.